The van der Waals surface area contributed by atoms with Crippen molar-refractivity contribution < 1.29 is 4.79 Å². The lowest BCUT2D eigenvalue weighted by molar-refractivity contribution is 0.102. The number of imidazole rings is 1. The molecule has 9 nitrogen and oxygen atoms in total. The molecule has 0 unspecified atom stereocenters. The summed E-state index contributed by atoms with van der Waals surface area (Å²) in [4.78, 5) is 38.8. The van der Waals surface area contributed by atoms with Crippen LogP contribution in [0.5, 0.6) is 0 Å². The van der Waals surface area contributed by atoms with E-state index in [0.717, 1.165) is 32.9 Å². The number of nitrogens with one attached hydrogen (secondary N) is 2. The van der Waals surface area contributed by atoms with Gasteiger partial charge >= 0.3 is 0 Å². The summed E-state index contributed by atoms with van der Waals surface area (Å²) in [6.07, 6.45) is 6.65. The van der Waals surface area contributed by atoms with E-state index in [2.05, 4.69) is 30.1 Å². The zero-order valence-corrected chi connectivity index (χ0v) is 17.5. The highest BCUT2D eigenvalue weighted by Crippen LogP contribution is 2.33. The number of carbonyl (C=O) groups is 1. The van der Waals surface area contributed by atoms with E-state index in [1.54, 1.807) is 25.5 Å². The molecule has 0 aliphatic heterocycles. The molecule has 0 radical (unpaired) electrons. The standard InChI is InChI=1S/C22H14N8OS/c1-11(31)16-4-5-17(32-16)20-18-14(6-7-25-20)27-22(28-18)21-19-15(29-30-21)3-2-13(26-19)12-8-23-10-24-9-12/h2-10H,1H3,(H,27,28)(H,29,30). The van der Waals surface area contributed by atoms with Crippen molar-refractivity contribution in [3.8, 4) is 33.3 Å². The lowest BCUT2D eigenvalue weighted by atomic mass is 10.2. The summed E-state index contributed by atoms with van der Waals surface area (Å²) in [6.45, 7) is 1.56. The highest BCUT2D eigenvalue weighted by atomic mass is 32.1. The number of nitrogens with zero attached hydrogens (tertiary/aromatic N) is 6. The Bertz CT molecular complexity index is 1620. The summed E-state index contributed by atoms with van der Waals surface area (Å²) >= 11 is 1.41. The van der Waals surface area contributed by atoms with Crippen molar-refractivity contribution in [2.24, 2.45) is 0 Å². The number of Topliss-reactive ketones (excluding diaryl/α,β-unsaturated/α-hetero) is 1. The number of ketones is 1. The molecule has 6 aromatic heterocycles. The quantitative estimate of drug-likeness (QED) is 0.393. The van der Waals surface area contributed by atoms with Gasteiger partial charge in [-0.1, -0.05) is 0 Å². The second kappa shape index (κ2) is 7.13. The number of pyridine rings is 2. The zero-order chi connectivity index (χ0) is 21.7. The number of rotatable bonds is 4. The smallest absolute Gasteiger partial charge is 0.169 e. The van der Waals surface area contributed by atoms with Crippen LogP contribution in [0.1, 0.15) is 16.6 Å². The summed E-state index contributed by atoms with van der Waals surface area (Å²) < 4.78 is 0. The van der Waals surface area contributed by atoms with Gasteiger partial charge in [0.1, 0.15) is 23.1 Å². The summed E-state index contributed by atoms with van der Waals surface area (Å²) in [5.74, 6) is 0.614. The molecule has 6 heterocycles. The normalized spacial score (nSPS) is 11.4. The molecule has 10 heteroatoms. The van der Waals surface area contributed by atoms with E-state index in [9.17, 15) is 4.79 Å². The van der Waals surface area contributed by atoms with Crippen LogP contribution in [0.2, 0.25) is 0 Å². The van der Waals surface area contributed by atoms with E-state index in [4.69, 9.17) is 9.97 Å². The Morgan fingerprint density at radius 1 is 0.938 bits per heavy atom. The first kappa shape index (κ1) is 18.5. The van der Waals surface area contributed by atoms with Crippen LogP contribution in [0.3, 0.4) is 0 Å². The molecule has 0 spiro atoms. The van der Waals surface area contributed by atoms with Gasteiger partial charge < -0.3 is 4.98 Å². The fourth-order valence-electron chi connectivity index (χ4n) is 3.54. The highest BCUT2D eigenvalue weighted by molar-refractivity contribution is 7.17. The highest BCUT2D eigenvalue weighted by Gasteiger charge is 2.18. The van der Waals surface area contributed by atoms with Crippen molar-refractivity contribution in [1.29, 1.82) is 0 Å². The van der Waals surface area contributed by atoms with E-state index in [-0.39, 0.29) is 5.78 Å². The number of aromatic nitrogens is 8. The molecule has 0 amide bonds. The van der Waals surface area contributed by atoms with Crippen molar-refractivity contribution in [1.82, 2.24) is 40.1 Å². The van der Waals surface area contributed by atoms with Gasteiger partial charge in [0, 0.05) is 24.2 Å². The number of H-pyrrole nitrogens is 2. The third-order valence-electron chi connectivity index (χ3n) is 5.08. The molecule has 0 aromatic carbocycles. The number of hydrogen-bond donors (Lipinski definition) is 2. The summed E-state index contributed by atoms with van der Waals surface area (Å²) in [5, 5.41) is 7.47. The largest absolute Gasteiger partial charge is 0.336 e. The van der Waals surface area contributed by atoms with Gasteiger partial charge in [-0.3, -0.25) is 14.9 Å². The molecule has 6 rings (SSSR count). The Hall–Kier alpha value is -4.31. The van der Waals surface area contributed by atoms with E-state index in [1.807, 2.05) is 30.3 Å². The number of hydrogen-bond acceptors (Lipinski definition) is 8. The molecule has 0 aliphatic carbocycles. The van der Waals surface area contributed by atoms with Gasteiger partial charge in [-0.2, -0.15) is 5.10 Å². The lowest BCUT2D eigenvalue weighted by Gasteiger charge is -2.00. The van der Waals surface area contributed by atoms with E-state index >= 15 is 0 Å². The maximum Gasteiger partial charge on any atom is 0.169 e. The number of fused-ring (bicyclic) bond motifs is 2. The third-order valence-corrected chi connectivity index (χ3v) is 6.27. The summed E-state index contributed by atoms with van der Waals surface area (Å²) in [7, 11) is 0. The minimum Gasteiger partial charge on any atom is -0.336 e. The molecule has 0 fully saturated rings. The Labute approximate surface area is 184 Å². The van der Waals surface area contributed by atoms with Gasteiger partial charge in [0.2, 0.25) is 0 Å². The van der Waals surface area contributed by atoms with Crippen LogP contribution < -0.4 is 0 Å². The second-order valence-electron chi connectivity index (χ2n) is 7.15. The van der Waals surface area contributed by atoms with E-state index < -0.39 is 0 Å². The number of carbonyl (C=O) groups excluding carboxylic acids is 1. The van der Waals surface area contributed by atoms with Crippen LogP contribution in [0, 0.1) is 0 Å². The second-order valence-corrected chi connectivity index (χ2v) is 8.24. The first-order valence-corrected chi connectivity index (χ1v) is 10.6. The first-order chi connectivity index (χ1) is 15.7. The first-order valence-electron chi connectivity index (χ1n) is 9.74. The topological polar surface area (TPSA) is 126 Å². The van der Waals surface area contributed by atoms with Gasteiger partial charge in [0.15, 0.2) is 17.3 Å². The lowest BCUT2D eigenvalue weighted by Crippen LogP contribution is -1.88. The minimum absolute atomic E-state index is 0.0322. The van der Waals surface area contributed by atoms with Crippen LogP contribution in [-0.2, 0) is 0 Å². The Kier molecular flexibility index (Phi) is 4.12. The molecule has 0 aliphatic rings. The third kappa shape index (κ3) is 2.96. The zero-order valence-electron chi connectivity index (χ0n) is 16.7. The molecule has 0 bridgehead atoms. The van der Waals surface area contributed by atoms with E-state index in [0.29, 0.717) is 27.4 Å². The van der Waals surface area contributed by atoms with Gasteiger partial charge in [-0.25, -0.2) is 19.9 Å². The number of aromatic amines is 2. The van der Waals surface area contributed by atoms with Crippen molar-refractivity contribution in [2.45, 2.75) is 6.92 Å². The average Bonchev–Trinajstić information content (AvgIpc) is 3.56. The summed E-state index contributed by atoms with van der Waals surface area (Å²) in [6, 6.07) is 9.40. The molecule has 0 atom stereocenters. The molecule has 0 saturated heterocycles. The predicted molar refractivity (Wildman–Crippen MR) is 121 cm³/mol. The Morgan fingerprint density at radius 3 is 2.59 bits per heavy atom. The van der Waals surface area contributed by atoms with Gasteiger partial charge in [-0.15, -0.1) is 11.3 Å². The van der Waals surface area contributed by atoms with Crippen LogP contribution >= 0.6 is 11.3 Å². The summed E-state index contributed by atoms with van der Waals surface area (Å²) in [5.41, 5.74) is 5.91. The van der Waals surface area contributed by atoms with Crippen LogP contribution in [-0.4, -0.2) is 45.9 Å². The molecular formula is C22H14N8OS. The number of thiophene rings is 1. The maximum absolute atomic E-state index is 11.7. The Balaban J connectivity index is 1.49. The molecule has 154 valence electrons. The molecule has 32 heavy (non-hydrogen) atoms. The SMILES string of the molecule is CC(=O)c1ccc(-c2nccc3[nH]c(-c4n[nH]c5ccc(-c6cncnc6)nc45)nc23)s1. The van der Waals surface area contributed by atoms with Crippen molar-refractivity contribution in [3.05, 3.63) is 60.1 Å². The van der Waals surface area contributed by atoms with Gasteiger partial charge in [0.25, 0.3) is 0 Å². The maximum atomic E-state index is 11.7. The Morgan fingerprint density at radius 2 is 1.78 bits per heavy atom. The van der Waals surface area contributed by atoms with Crippen molar-refractivity contribution >= 4 is 39.2 Å². The van der Waals surface area contributed by atoms with Gasteiger partial charge in [-0.05, 0) is 37.3 Å². The minimum atomic E-state index is 0.0322. The molecule has 2 N–H and O–H groups in total. The average molecular weight is 438 g/mol. The van der Waals surface area contributed by atoms with Gasteiger partial charge in [0.05, 0.1) is 26.5 Å². The monoisotopic (exact) mass is 438 g/mol. The fourth-order valence-corrected chi connectivity index (χ4v) is 4.44. The van der Waals surface area contributed by atoms with Crippen molar-refractivity contribution in [3.63, 3.8) is 0 Å². The fraction of sp³-hybridized carbons (Fsp3) is 0.0455. The predicted octanol–water partition coefficient (Wildman–Crippen LogP) is 4.28. The molecule has 0 saturated carbocycles. The van der Waals surface area contributed by atoms with Crippen molar-refractivity contribution in [2.75, 3.05) is 0 Å². The van der Waals surface area contributed by atoms with Crippen LogP contribution in [0.4, 0.5) is 0 Å². The van der Waals surface area contributed by atoms with E-state index in [1.165, 1.54) is 17.7 Å². The molecular weight excluding hydrogens is 424 g/mol. The molecule has 6 aromatic rings. The van der Waals surface area contributed by atoms with Crippen LogP contribution in [0.25, 0.3) is 55.4 Å². The van der Waals surface area contributed by atoms with Crippen LogP contribution in [0.15, 0.2) is 55.2 Å².